The van der Waals surface area contributed by atoms with Crippen LogP contribution in [0.25, 0.3) is 21.5 Å². The van der Waals surface area contributed by atoms with Crippen molar-refractivity contribution < 1.29 is 10.2 Å². The van der Waals surface area contributed by atoms with Gasteiger partial charge in [-0.15, -0.1) is 0 Å². The van der Waals surface area contributed by atoms with Gasteiger partial charge < -0.3 is 21.7 Å². The molecule has 4 heteroatoms. The van der Waals surface area contributed by atoms with Crippen molar-refractivity contribution in [3.63, 3.8) is 0 Å². The molecule has 0 radical (unpaired) electrons. The molecule has 3 aromatic carbocycles. The summed E-state index contributed by atoms with van der Waals surface area (Å²) >= 11 is 0. The molecule has 90 valence electrons. The molecule has 0 aliphatic heterocycles. The summed E-state index contributed by atoms with van der Waals surface area (Å²) < 4.78 is 0. The zero-order valence-corrected chi connectivity index (χ0v) is 9.51. The van der Waals surface area contributed by atoms with Crippen LogP contribution in [0.3, 0.4) is 0 Å². The van der Waals surface area contributed by atoms with Crippen molar-refractivity contribution in [3.8, 4) is 11.5 Å². The number of benzene rings is 3. The molecule has 0 aliphatic carbocycles. The third-order valence-corrected chi connectivity index (χ3v) is 3.13. The average Bonchev–Trinajstić information content (AvgIpc) is 2.33. The van der Waals surface area contributed by atoms with Gasteiger partial charge in [-0.2, -0.15) is 0 Å². The first-order valence-electron chi connectivity index (χ1n) is 5.49. The molecule has 0 unspecified atom stereocenters. The Kier molecular flexibility index (Phi) is 2.01. The predicted octanol–water partition coefficient (Wildman–Crippen LogP) is 2.57. The molecule has 3 aromatic rings. The number of phenolic OH excluding ortho intramolecular Hbond substituents is 2. The molecular weight excluding hydrogens is 228 g/mol. The molecule has 0 aromatic heterocycles. The first-order valence-corrected chi connectivity index (χ1v) is 5.49. The lowest BCUT2D eigenvalue weighted by molar-refractivity contribution is 0.478. The summed E-state index contributed by atoms with van der Waals surface area (Å²) in [4.78, 5) is 0. The predicted molar refractivity (Wildman–Crippen MR) is 73.6 cm³/mol. The van der Waals surface area contributed by atoms with Crippen LogP contribution in [0.4, 0.5) is 11.4 Å². The van der Waals surface area contributed by atoms with E-state index in [-0.39, 0.29) is 11.5 Å². The highest BCUT2D eigenvalue weighted by Gasteiger charge is 2.07. The summed E-state index contributed by atoms with van der Waals surface area (Å²) in [5.74, 6) is 0.0672. The van der Waals surface area contributed by atoms with Crippen molar-refractivity contribution in [2.75, 3.05) is 11.5 Å². The van der Waals surface area contributed by atoms with E-state index in [9.17, 15) is 10.2 Å². The van der Waals surface area contributed by atoms with E-state index in [1.807, 2.05) is 12.1 Å². The summed E-state index contributed by atoms with van der Waals surface area (Å²) in [6.45, 7) is 0. The lowest BCUT2D eigenvalue weighted by Crippen LogP contribution is -1.88. The Balaban J connectivity index is 2.52. The van der Waals surface area contributed by atoms with Crippen LogP contribution in [0.2, 0.25) is 0 Å². The highest BCUT2D eigenvalue weighted by molar-refractivity contribution is 6.10. The normalized spacial score (nSPS) is 11.1. The minimum absolute atomic E-state index is 0.0336. The molecule has 0 bridgehead atoms. The summed E-state index contributed by atoms with van der Waals surface area (Å²) in [7, 11) is 0. The third-order valence-electron chi connectivity index (χ3n) is 3.13. The van der Waals surface area contributed by atoms with Crippen LogP contribution >= 0.6 is 0 Å². The summed E-state index contributed by atoms with van der Waals surface area (Å²) in [6.07, 6.45) is 0. The number of hydrogen-bond acceptors (Lipinski definition) is 4. The highest BCUT2D eigenvalue weighted by Crippen LogP contribution is 2.35. The SMILES string of the molecule is Nc1cc2ccc3cc(N)c(O)cc3c2cc1O. The van der Waals surface area contributed by atoms with Gasteiger partial charge in [0, 0.05) is 0 Å². The Morgan fingerprint density at radius 2 is 1.06 bits per heavy atom. The van der Waals surface area contributed by atoms with Crippen molar-refractivity contribution in [2.24, 2.45) is 0 Å². The summed E-state index contributed by atoms with van der Waals surface area (Å²) in [5, 5.41) is 22.8. The Hall–Kier alpha value is -2.62. The van der Waals surface area contributed by atoms with Crippen molar-refractivity contribution in [2.45, 2.75) is 0 Å². The lowest BCUT2D eigenvalue weighted by Gasteiger charge is -2.08. The number of nitrogen functional groups attached to an aromatic ring is 2. The fraction of sp³-hybridized carbons (Fsp3) is 0. The smallest absolute Gasteiger partial charge is 0.139 e. The van der Waals surface area contributed by atoms with E-state index in [0.29, 0.717) is 11.4 Å². The van der Waals surface area contributed by atoms with E-state index in [4.69, 9.17) is 11.5 Å². The zero-order valence-electron chi connectivity index (χ0n) is 9.51. The van der Waals surface area contributed by atoms with E-state index < -0.39 is 0 Å². The van der Waals surface area contributed by atoms with E-state index in [2.05, 4.69) is 0 Å². The van der Waals surface area contributed by atoms with E-state index in [1.54, 1.807) is 24.3 Å². The molecule has 3 rings (SSSR count). The molecule has 6 N–H and O–H groups in total. The maximum atomic E-state index is 9.69. The van der Waals surface area contributed by atoms with Gasteiger partial charge in [0.15, 0.2) is 0 Å². The number of anilines is 2. The molecule has 0 saturated carbocycles. The largest absolute Gasteiger partial charge is 0.506 e. The van der Waals surface area contributed by atoms with Gasteiger partial charge in [0.1, 0.15) is 11.5 Å². The van der Waals surface area contributed by atoms with Crippen LogP contribution in [0.5, 0.6) is 11.5 Å². The highest BCUT2D eigenvalue weighted by atomic mass is 16.3. The maximum Gasteiger partial charge on any atom is 0.139 e. The van der Waals surface area contributed by atoms with Crippen molar-refractivity contribution in [1.29, 1.82) is 0 Å². The van der Waals surface area contributed by atoms with Gasteiger partial charge in [-0.05, 0) is 45.8 Å². The van der Waals surface area contributed by atoms with Crippen LogP contribution in [-0.4, -0.2) is 10.2 Å². The molecule has 0 aliphatic rings. The second-order valence-corrected chi connectivity index (χ2v) is 4.33. The van der Waals surface area contributed by atoms with Gasteiger partial charge in [-0.3, -0.25) is 0 Å². The second-order valence-electron chi connectivity index (χ2n) is 4.33. The van der Waals surface area contributed by atoms with Crippen LogP contribution in [0.15, 0.2) is 36.4 Å². The molecule has 0 saturated heterocycles. The number of fused-ring (bicyclic) bond motifs is 3. The maximum absolute atomic E-state index is 9.69. The van der Waals surface area contributed by atoms with Crippen LogP contribution in [0.1, 0.15) is 0 Å². The first kappa shape index (κ1) is 10.5. The topological polar surface area (TPSA) is 92.5 Å². The monoisotopic (exact) mass is 240 g/mol. The Labute approximate surface area is 103 Å². The van der Waals surface area contributed by atoms with Crippen molar-refractivity contribution >= 4 is 32.9 Å². The van der Waals surface area contributed by atoms with Gasteiger partial charge in [-0.1, -0.05) is 12.1 Å². The molecule has 0 spiro atoms. The van der Waals surface area contributed by atoms with Gasteiger partial charge in [0.2, 0.25) is 0 Å². The first-order chi connectivity index (χ1) is 8.56. The molecule has 18 heavy (non-hydrogen) atoms. The molecule has 0 atom stereocenters. The van der Waals surface area contributed by atoms with Gasteiger partial charge in [-0.25, -0.2) is 0 Å². The molecule has 0 fully saturated rings. The fourth-order valence-corrected chi connectivity index (χ4v) is 2.17. The Morgan fingerprint density at radius 1 is 0.667 bits per heavy atom. The Morgan fingerprint density at radius 3 is 1.44 bits per heavy atom. The standard InChI is InChI=1S/C14H12N2O2/c15-11-3-7-1-2-8-4-12(16)14(18)6-10(8)9(7)5-13(11)17/h1-6,17-18H,15-16H2. The van der Waals surface area contributed by atoms with Crippen molar-refractivity contribution in [3.05, 3.63) is 36.4 Å². The van der Waals surface area contributed by atoms with Crippen LogP contribution < -0.4 is 11.5 Å². The molecule has 0 amide bonds. The van der Waals surface area contributed by atoms with Gasteiger partial charge in [0.05, 0.1) is 11.4 Å². The van der Waals surface area contributed by atoms with E-state index >= 15 is 0 Å². The summed E-state index contributed by atoms with van der Waals surface area (Å²) in [5.41, 5.74) is 12.0. The zero-order chi connectivity index (χ0) is 12.9. The number of aromatic hydroxyl groups is 2. The second kappa shape index (κ2) is 3.43. The number of hydrogen-bond donors (Lipinski definition) is 4. The van der Waals surface area contributed by atoms with Crippen LogP contribution in [0, 0.1) is 0 Å². The molecule has 4 nitrogen and oxygen atoms in total. The van der Waals surface area contributed by atoms with Gasteiger partial charge >= 0.3 is 0 Å². The van der Waals surface area contributed by atoms with Crippen LogP contribution in [-0.2, 0) is 0 Å². The minimum atomic E-state index is 0.0336. The number of nitrogens with two attached hydrogens (primary N) is 2. The molecule has 0 heterocycles. The van der Waals surface area contributed by atoms with Crippen molar-refractivity contribution in [1.82, 2.24) is 0 Å². The third kappa shape index (κ3) is 1.39. The van der Waals surface area contributed by atoms with E-state index in [0.717, 1.165) is 21.5 Å². The average molecular weight is 240 g/mol. The van der Waals surface area contributed by atoms with Gasteiger partial charge in [0.25, 0.3) is 0 Å². The fourth-order valence-electron chi connectivity index (χ4n) is 2.17. The minimum Gasteiger partial charge on any atom is -0.506 e. The Bertz CT molecular complexity index is 715. The molecular formula is C14H12N2O2. The summed E-state index contributed by atoms with van der Waals surface area (Å²) in [6, 6.07) is 10.4. The number of rotatable bonds is 0. The quantitative estimate of drug-likeness (QED) is 0.276. The van der Waals surface area contributed by atoms with E-state index in [1.165, 1.54) is 0 Å². The number of phenols is 2. The lowest BCUT2D eigenvalue weighted by atomic mass is 10.0.